The summed E-state index contributed by atoms with van der Waals surface area (Å²) in [6.07, 6.45) is 0.0991. The molecule has 4 rings (SSSR count). The first-order chi connectivity index (χ1) is 12.7. The zero-order chi connectivity index (χ0) is 17.9. The summed E-state index contributed by atoms with van der Waals surface area (Å²) < 4.78 is 21.1. The van der Waals surface area contributed by atoms with Crippen molar-refractivity contribution in [3.8, 4) is 28.6 Å². The molecule has 0 radical (unpaired) electrons. The Morgan fingerprint density at radius 2 is 2.04 bits per heavy atom. The van der Waals surface area contributed by atoms with E-state index >= 15 is 0 Å². The lowest BCUT2D eigenvalue weighted by molar-refractivity contribution is -0.115. The van der Waals surface area contributed by atoms with Gasteiger partial charge in [-0.1, -0.05) is 17.3 Å². The van der Waals surface area contributed by atoms with Crippen LogP contribution >= 0.6 is 0 Å². The van der Waals surface area contributed by atoms with E-state index in [9.17, 15) is 4.79 Å². The number of amides is 1. The third kappa shape index (κ3) is 3.32. The van der Waals surface area contributed by atoms with Crippen molar-refractivity contribution in [1.29, 1.82) is 0 Å². The van der Waals surface area contributed by atoms with Crippen LogP contribution in [0, 0.1) is 0 Å². The fourth-order valence-corrected chi connectivity index (χ4v) is 2.65. The Morgan fingerprint density at radius 3 is 2.92 bits per heavy atom. The summed E-state index contributed by atoms with van der Waals surface area (Å²) in [6.45, 7) is 0.193. The number of fused-ring (bicyclic) bond motifs is 1. The van der Waals surface area contributed by atoms with Crippen molar-refractivity contribution in [3.63, 3.8) is 0 Å². The van der Waals surface area contributed by atoms with E-state index in [2.05, 4.69) is 10.5 Å². The Kier molecular flexibility index (Phi) is 4.18. The number of carbonyl (C=O) groups is 1. The Labute approximate surface area is 149 Å². The van der Waals surface area contributed by atoms with E-state index in [0.29, 0.717) is 28.6 Å². The van der Waals surface area contributed by atoms with Gasteiger partial charge in [0, 0.05) is 23.4 Å². The molecule has 0 atom stereocenters. The van der Waals surface area contributed by atoms with Crippen LogP contribution in [0.3, 0.4) is 0 Å². The molecule has 0 saturated carbocycles. The summed E-state index contributed by atoms with van der Waals surface area (Å²) in [6, 6.07) is 14.4. The Balaban J connectivity index is 1.43. The molecule has 0 saturated heterocycles. The van der Waals surface area contributed by atoms with E-state index in [0.717, 1.165) is 11.3 Å². The van der Waals surface area contributed by atoms with Gasteiger partial charge in [-0.05, 0) is 24.3 Å². The molecule has 1 N–H and O–H groups in total. The van der Waals surface area contributed by atoms with Crippen LogP contribution in [0.5, 0.6) is 17.2 Å². The first kappa shape index (κ1) is 16.0. The number of aromatic nitrogens is 1. The van der Waals surface area contributed by atoms with Gasteiger partial charge in [-0.2, -0.15) is 0 Å². The zero-order valence-electron chi connectivity index (χ0n) is 14.0. The molecule has 26 heavy (non-hydrogen) atoms. The molecule has 1 amide bonds. The Bertz CT molecular complexity index is 951. The van der Waals surface area contributed by atoms with Crippen LogP contribution in [-0.2, 0) is 11.2 Å². The molecule has 1 aliphatic rings. The van der Waals surface area contributed by atoms with Crippen LogP contribution in [0.25, 0.3) is 11.3 Å². The molecule has 7 heteroatoms. The molecule has 1 aromatic heterocycles. The summed E-state index contributed by atoms with van der Waals surface area (Å²) in [7, 11) is 1.60. The Hall–Kier alpha value is -3.48. The van der Waals surface area contributed by atoms with Gasteiger partial charge in [0.15, 0.2) is 17.3 Å². The summed E-state index contributed by atoms with van der Waals surface area (Å²) in [5, 5.41) is 6.78. The highest BCUT2D eigenvalue weighted by Crippen LogP contribution is 2.34. The van der Waals surface area contributed by atoms with Gasteiger partial charge in [0.25, 0.3) is 0 Å². The zero-order valence-corrected chi connectivity index (χ0v) is 14.0. The fraction of sp³-hybridized carbons (Fsp3) is 0.158. The van der Waals surface area contributed by atoms with Crippen LogP contribution in [0.1, 0.15) is 5.69 Å². The van der Waals surface area contributed by atoms with Crippen molar-refractivity contribution in [2.45, 2.75) is 6.42 Å². The number of ether oxygens (including phenoxy) is 3. The number of nitrogens with zero attached hydrogens (tertiary/aromatic N) is 1. The predicted octanol–water partition coefficient (Wildman–Crippen LogP) is 3.26. The van der Waals surface area contributed by atoms with Crippen molar-refractivity contribution < 1.29 is 23.5 Å². The number of rotatable bonds is 5. The van der Waals surface area contributed by atoms with Gasteiger partial charge < -0.3 is 24.1 Å². The number of carbonyl (C=O) groups excluding carboxylic acids is 1. The first-order valence-electron chi connectivity index (χ1n) is 8.01. The largest absolute Gasteiger partial charge is 0.497 e. The maximum absolute atomic E-state index is 12.2. The van der Waals surface area contributed by atoms with Crippen molar-refractivity contribution in [2.75, 3.05) is 19.2 Å². The molecular weight excluding hydrogens is 336 g/mol. The molecule has 7 nitrogen and oxygen atoms in total. The van der Waals surface area contributed by atoms with E-state index in [4.69, 9.17) is 18.7 Å². The molecule has 0 spiro atoms. The third-order valence-electron chi connectivity index (χ3n) is 3.91. The van der Waals surface area contributed by atoms with E-state index < -0.39 is 0 Å². The van der Waals surface area contributed by atoms with Crippen LogP contribution < -0.4 is 19.5 Å². The van der Waals surface area contributed by atoms with Crippen molar-refractivity contribution in [2.24, 2.45) is 0 Å². The minimum absolute atomic E-state index is 0.0991. The summed E-state index contributed by atoms with van der Waals surface area (Å²) in [5.74, 6) is 2.39. The van der Waals surface area contributed by atoms with Gasteiger partial charge in [-0.15, -0.1) is 0 Å². The van der Waals surface area contributed by atoms with Gasteiger partial charge in [0.2, 0.25) is 12.7 Å². The van der Waals surface area contributed by atoms with Crippen LogP contribution in [-0.4, -0.2) is 25.0 Å². The second-order valence-electron chi connectivity index (χ2n) is 5.71. The molecular formula is C19H16N2O5. The molecule has 0 aliphatic carbocycles. The lowest BCUT2D eigenvalue weighted by atomic mass is 10.1. The molecule has 0 bridgehead atoms. The van der Waals surface area contributed by atoms with Gasteiger partial charge >= 0.3 is 0 Å². The number of hydrogen-bond acceptors (Lipinski definition) is 6. The highest BCUT2D eigenvalue weighted by molar-refractivity contribution is 5.92. The van der Waals surface area contributed by atoms with E-state index in [1.807, 2.05) is 24.3 Å². The molecule has 132 valence electrons. The SMILES string of the molecule is COc1cccc(-c2cc(CC(=O)Nc3ccc4c(c3)OCO4)no2)c1. The molecule has 2 aromatic carbocycles. The van der Waals surface area contributed by atoms with Gasteiger partial charge in [0.05, 0.1) is 19.2 Å². The van der Waals surface area contributed by atoms with Crippen LogP contribution in [0.15, 0.2) is 53.1 Å². The maximum Gasteiger partial charge on any atom is 0.231 e. The normalized spacial score (nSPS) is 12.0. The topological polar surface area (TPSA) is 82.8 Å². The van der Waals surface area contributed by atoms with Crippen molar-refractivity contribution in [3.05, 3.63) is 54.2 Å². The number of benzene rings is 2. The molecule has 3 aromatic rings. The van der Waals surface area contributed by atoms with Gasteiger partial charge in [0.1, 0.15) is 5.75 Å². The molecule has 1 aliphatic heterocycles. The van der Waals surface area contributed by atoms with Crippen molar-refractivity contribution >= 4 is 11.6 Å². The predicted molar refractivity (Wildman–Crippen MR) is 93.4 cm³/mol. The third-order valence-corrected chi connectivity index (χ3v) is 3.91. The number of hydrogen-bond donors (Lipinski definition) is 1. The minimum Gasteiger partial charge on any atom is -0.497 e. The highest BCUT2D eigenvalue weighted by atomic mass is 16.7. The second kappa shape index (κ2) is 6.79. The van der Waals surface area contributed by atoms with Crippen molar-refractivity contribution in [1.82, 2.24) is 5.16 Å². The number of anilines is 1. The summed E-state index contributed by atoms with van der Waals surface area (Å²) in [4.78, 5) is 12.2. The lowest BCUT2D eigenvalue weighted by Gasteiger charge is -2.04. The second-order valence-corrected chi connectivity index (χ2v) is 5.71. The maximum atomic E-state index is 12.2. The molecule has 2 heterocycles. The van der Waals surface area contributed by atoms with E-state index in [1.165, 1.54) is 0 Å². The highest BCUT2D eigenvalue weighted by Gasteiger charge is 2.15. The standard InChI is InChI=1S/C19H16N2O5/c1-23-15-4-2-3-12(7-15)17-9-14(21-26-17)10-19(22)20-13-5-6-16-18(8-13)25-11-24-16/h2-9H,10-11H2,1H3,(H,20,22). The fourth-order valence-electron chi connectivity index (χ4n) is 2.65. The number of methoxy groups -OCH3 is 1. The minimum atomic E-state index is -0.200. The van der Waals surface area contributed by atoms with E-state index in [-0.39, 0.29) is 19.1 Å². The van der Waals surface area contributed by atoms with E-state index in [1.54, 1.807) is 31.4 Å². The lowest BCUT2D eigenvalue weighted by Crippen LogP contribution is -2.14. The first-order valence-corrected chi connectivity index (χ1v) is 8.01. The van der Waals surface area contributed by atoms with Crippen LogP contribution in [0.2, 0.25) is 0 Å². The van der Waals surface area contributed by atoms with Crippen LogP contribution in [0.4, 0.5) is 5.69 Å². The summed E-state index contributed by atoms with van der Waals surface area (Å²) >= 11 is 0. The quantitative estimate of drug-likeness (QED) is 0.759. The van der Waals surface area contributed by atoms with Gasteiger partial charge in [-0.3, -0.25) is 4.79 Å². The monoisotopic (exact) mass is 352 g/mol. The Morgan fingerprint density at radius 1 is 1.15 bits per heavy atom. The number of nitrogens with one attached hydrogen (secondary N) is 1. The average molecular weight is 352 g/mol. The molecule has 0 fully saturated rings. The summed E-state index contributed by atoms with van der Waals surface area (Å²) in [5.41, 5.74) is 2.01. The molecule has 0 unspecified atom stereocenters. The smallest absolute Gasteiger partial charge is 0.231 e. The average Bonchev–Trinajstić information content (AvgIpc) is 3.30. The van der Waals surface area contributed by atoms with Gasteiger partial charge in [-0.25, -0.2) is 0 Å².